The lowest BCUT2D eigenvalue weighted by atomic mass is 10.1. The van der Waals surface area contributed by atoms with Gasteiger partial charge >= 0.3 is 5.97 Å². The van der Waals surface area contributed by atoms with E-state index in [0.29, 0.717) is 12.0 Å². The highest BCUT2D eigenvalue weighted by atomic mass is 16.5. The molecule has 1 unspecified atom stereocenters. The lowest BCUT2D eigenvalue weighted by Crippen LogP contribution is -2.51. The second-order valence-electron chi connectivity index (χ2n) is 4.47. The molecule has 1 fully saturated rings. The van der Waals surface area contributed by atoms with Gasteiger partial charge in [0.05, 0.1) is 30.9 Å². The van der Waals surface area contributed by atoms with E-state index >= 15 is 0 Å². The van der Waals surface area contributed by atoms with E-state index in [1.54, 1.807) is 6.07 Å². The normalized spacial score (nSPS) is 18.7. The van der Waals surface area contributed by atoms with Crippen LogP contribution in [0.1, 0.15) is 16.8 Å². The number of methoxy groups -OCH3 is 1. The molecule has 5 nitrogen and oxygen atoms in total. The molecule has 0 saturated carbocycles. The summed E-state index contributed by atoms with van der Waals surface area (Å²) >= 11 is 0. The van der Waals surface area contributed by atoms with Crippen LogP contribution in [0.2, 0.25) is 0 Å². The third kappa shape index (κ3) is 3.04. The van der Waals surface area contributed by atoms with Crippen LogP contribution >= 0.6 is 0 Å². The zero-order valence-corrected chi connectivity index (χ0v) is 10.9. The largest absolute Gasteiger partial charge is 0.465 e. The molecule has 100 valence electrons. The molecule has 1 aromatic rings. The minimum atomic E-state index is -0.328. The monoisotopic (exact) mass is 259 g/mol. The van der Waals surface area contributed by atoms with E-state index < -0.39 is 0 Å². The summed E-state index contributed by atoms with van der Waals surface area (Å²) in [5, 5.41) is 12.1. The molecule has 1 saturated heterocycles. The first-order chi connectivity index (χ1) is 9.26. The summed E-state index contributed by atoms with van der Waals surface area (Å²) in [6.07, 6.45) is 0.469. The van der Waals surface area contributed by atoms with Crippen molar-refractivity contribution in [3.63, 3.8) is 0 Å². The second-order valence-corrected chi connectivity index (χ2v) is 4.47. The van der Waals surface area contributed by atoms with Gasteiger partial charge in [-0.1, -0.05) is 12.1 Å². The van der Waals surface area contributed by atoms with Crippen molar-refractivity contribution in [3.8, 4) is 6.07 Å². The molecule has 0 radical (unpaired) electrons. The molecule has 1 aromatic carbocycles. The SMILES string of the molecule is COC(=O)c1ccccc1N1CCNC(CC#N)C1. The quantitative estimate of drug-likeness (QED) is 0.825. The molecule has 1 aliphatic heterocycles. The lowest BCUT2D eigenvalue weighted by molar-refractivity contribution is 0.0601. The van der Waals surface area contributed by atoms with E-state index in [0.717, 1.165) is 25.3 Å². The fourth-order valence-corrected chi connectivity index (χ4v) is 2.32. The van der Waals surface area contributed by atoms with Crippen LogP contribution in [0.5, 0.6) is 0 Å². The molecular weight excluding hydrogens is 242 g/mol. The number of nitrogens with zero attached hydrogens (tertiary/aromatic N) is 2. The maximum Gasteiger partial charge on any atom is 0.339 e. The average molecular weight is 259 g/mol. The molecule has 0 aromatic heterocycles. The summed E-state index contributed by atoms with van der Waals surface area (Å²) in [6.45, 7) is 2.35. The van der Waals surface area contributed by atoms with Crippen LogP contribution in [-0.2, 0) is 4.74 Å². The topological polar surface area (TPSA) is 65.4 Å². The molecule has 1 aliphatic rings. The van der Waals surface area contributed by atoms with Crippen LogP contribution in [-0.4, -0.2) is 38.8 Å². The van der Waals surface area contributed by atoms with Crippen molar-refractivity contribution in [1.29, 1.82) is 5.26 Å². The van der Waals surface area contributed by atoms with Gasteiger partial charge in [0.25, 0.3) is 0 Å². The standard InChI is InChI=1S/C14H17N3O2/c1-19-14(18)12-4-2-3-5-13(12)17-9-8-16-11(10-17)6-7-15/h2-5,11,16H,6,8-10H2,1H3. The van der Waals surface area contributed by atoms with Crippen molar-refractivity contribution in [2.75, 3.05) is 31.6 Å². The van der Waals surface area contributed by atoms with Gasteiger partial charge < -0.3 is 15.0 Å². The molecule has 19 heavy (non-hydrogen) atoms. The Bertz CT molecular complexity index is 496. The van der Waals surface area contributed by atoms with Gasteiger partial charge in [-0.15, -0.1) is 0 Å². The van der Waals surface area contributed by atoms with Crippen molar-refractivity contribution in [2.45, 2.75) is 12.5 Å². The van der Waals surface area contributed by atoms with Crippen LogP contribution in [0.4, 0.5) is 5.69 Å². The van der Waals surface area contributed by atoms with Crippen LogP contribution < -0.4 is 10.2 Å². The Balaban J connectivity index is 2.21. The second kappa shape index (κ2) is 6.21. The summed E-state index contributed by atoms with van der Waals surface area (Å²) in [4.78, 5) is 13.9. The van der Waals surface area contributed by atoms with Crippen LogP contribution in [0.15, 0.2) is 24.3 Å². The summed E-state index contributed by atoms with van der Waals surface area (Å²) in [7, 11) is 1.38. The zero-order chi connectivity index (χ0) is 13.7. The number of esters is 1. The minimum absolute atomic E-state index is 0.143. The summed E-state index contributed by atoms with van der Waals surface area (Å²) < 4.78 is 4.81. The molecule has 2 rings (SSSR count). The molecule has 0 bridgehead atoms. The van der Waals surface area contributed by atoms with Gasteiger partial charge in [0.15, 0.2) is 0 Å². The van der Waals surface area contributed by atoms with Gasteiger partial charge in [0.2, 0.25) is 0 Å². The maximum atomic E-state index is 11.8. The van der Waals surface area contributed by atoms with E-state index in [9.17, 15) is 4.79 Å². The lowest BCUT2D eigenvalue weighted by Gasteiger charge is -2.35. The molecule has 0 amide bonds. The molecule has 1 N–H and O–H groups in total. The number of anilines is 1. The van der Waals surface area contributed by atoms with Gasteiger partial charge in [-0.3, -0.25) is 0 Å². The van der Waals surface area contributed by atoms with Gasteiger partial charge in [0, 0.05) is 25.7 Å². The average Bonchev–Trinajstić information content (AvgIpc) is 2.47. The van der Waals surface area contributed by atoms with E-state index in [4.69, 9.17) is 10.00 Å². The number of benzene rings is 1. The molecule has 0 spiro atoms. The van der Waals surface area contributed by atoms with E-state index in [1.807, 2.05) is 18.2 Å². The van der Waals surface area contributed by atoms with Gasteiger partial charge in [0.1, 0.15) is 0 Å². The molecule has 1 heterocycles. The number of hydrogen-bond donors (Lipinski definition) is 1. The highest BCUT2D eigenvalue weighted by molar-refractivity contribution is 5.95. The number of para-hydroxylation sites is 1. The Morgan fingerprint density at radius 3 is 3.11 bits per heavy atom. The van der Waals surface area contributed by atoms with Gasteiger partial charge in [-0.25, -0.2) is 4.79 Å². The molecular formula is C14H17N3O2. The Hall–Kier alpha value is -2.06. The first kappa shape index (κ1) is 13.4. The minimum Gasteiger partial charge on any atom is -0.465 e. The third-order valence-corrected chi connectivity index (χ3v) is 3.24. The third-order valence-electron chi connectivity index (χ3n) is 3.24. The number of hydrogen-bond acceptors (Lipinski definition) is 5. The number of rotatable bonds is 3. The van der Waals surface area contributed by atoms with Gasteiger partial charge in [-0.05, 0) is 12.1 Å². The highest BCUT2D eigenvalue weighted by Gasteiger charge is 2.22. The zero-order valence-electron chi connectivity index (χ0n) is 10.9. The van der Waals surface area contributed by atoms with Crippen LogP contribution in [0, 0.1) is 11.3 Å². The molecule has 5 heteroatoms. The van der Waals surface area contributed by atoms with Crippen LogP contribution in [0.3, 0.4) is 0 Å². The van der Waals surface area contributed by atoms with Crippen LogP contribution in [0.25, 0.3) is 0 Å². The fraction of sp³-hybridized carbons (Fsp3) is 0.429. The molecule has 1 atom stereocenters. The number of nitriles is 1. The number of carbonyl (C=O) groups excluding carboxylic acids is 1. The van der Waals surface area contributed by atoms with Crippen molar-refractivity contribution < 1.29 is 9.53 Å². The highest BCUT2D eigenvalue weighted by Crippen LogP contribution is 2.22. The van der Waals surface area contributed by atoms with Crippen molar-refractivity contribution in [3.05, 3.63) is 29.8 Å². The van der Waals surface area contributed by atoms with Gasteiger partial charge in [-0.2, -0.15) is 5.26 Å². The predicted octanol–water partition coefficient (Wildman–Crippen LogP) is 1.17. The fourth-order valence-electron chi connectivity index (χ4n) is 2.32. The Kier molecular flexibility index (Phi) is 4.37. The number of ether oxygens (including phenoxy) is 1. The maximum absolute atomic E-state index is 11.8. The first-order valence-electron chi connectivity index (χ1n) is 6.29. The van der Waals surface area contributed by atoms with E-state index in [1.165, 1.54) is 7.11 Å². The van der Waals surface area contributed by atoms with E-state index in [2.05, 4.69) is 16.3 Å². The Labute approximate surface area is 112 Å². The Morgan fingerprint density at radius 1 is 1.58 bits per heavy atom. The van der Waals surface area contributed by atoms with Crippen molar-refractivity contribution >= 4 is 11.7 Å². The predicted molar refractivity (Wildman–Crippen MR) is 72.0 cm³/mol. The van der Waals surface area contributed by atoms with Crippen molar-refractivity contribution in [1.82, 2.24) is 5.32 Å². The Morgan fingerprint density at radius 2 is 2.37 bits per heavy atom. The molecule has 0 aliphatic carbocycles. The number of piperazine rings is 1. The first-order valence-corrected chi connectivity index (χ1v) is 6.29. The number of nitrogens with one attached hydrogen (secondary N) is 1. The summed E-state index contributed by atoms with van der Waals surface area (Å²) in [5.74, 6) is -0.328. The van der Waals surface area contributed by atoms with E-state index in [-0.39, 0.29) is 12.0 Å². The smallest absolute Gasteiger partial charge is 0.339 e. The summed E-state index contributed by atoms with van der Waals surface area (Å²) in [5.41, 5.74) is 1.45. The number of carbonyl (C=O) groups is 1. The van der Waals surface area contributed by atoms with Crippen molar-refractivity contribution in [2.24, 2.45) is 0 Å². The summed E-state index contributed by atoms with van der Waals surface area (Å²) in [6, 6.07) is 9.73.